The van der Waals surface area contributed by atoms with Crippen LogP contribution in [-0.4, -0.2) is 30.1 Å². The fourth-order valence-corrected chi connectivity index (χ4v) is 3.22. The first-order valence-electron chi connectivity index (χ1n) is 7.18. The first kappa shape index (κ1) is 15.9. The minimum Gasteiger partial charge on any atom is -0.311 e. The van der Waals surface area contributed by atoms with Crippen molar-refractivity contribution < 1.29 is 4.39 Å². The Morgan fingerprint density at radius 1 is 1.40 bits per heavy atom. The Bertz CT molecular complexity index is 470. The van der Waals surface area contributed by atoms with Crippen LogP contribution in [0.25, 0.3) is 0 Å². The molecule has 20 heavy (non-hydrogen) atoms. The van der Waals surface area contributed by atoms with Gasteiger partial charge in [-0.3, -0.25) is 4.90 Å². The van der Waals surface area contributed by atoms with Crippen LogP contribution in [0, 0.1) is 11.2 Å². The molecule has 1 fully saturated rings. The Morgan fingerprint density at radius 2 is 2.10 bits per heavy atom. The van der Waals surface area contributed by atoms with Gasteiger partial charge in [0.2, 0.25) is 0 Å². The average Bonchev–Trinajstić information content (AvgIpc) is 2.31. The molecule has 1 aliphatic rings. The Labute approximate surface area is 129 Å². The average molecular weight is 343 g/mol. The zero-order valence-corrected chi connectivity index (χ0v) is 14.3. The van der Waals surface area contributed by atoms with E-state index in [1.165, 1.54) is 0 Å². The van der Waals surface area contributed by atoms with E-state index in [0.29, 0.717) is 18.6 Å². The molecule has 1 saturated heterocycles. The van der Waals surface area contributed by atoms with E-state index < -0.39 is 0 Å². The molecule has 1 aromatic carbocycles. The summed E-state index contributed by atoms with van der Waals surface area (Å²) in [4.78, 5) is 2.41. The van der Waals surface area contributed by atoms with Gasteiger partial charge in [-0.2, -0.15) is 0 Å². The van der Waals surface area contributed by atoms with Crippen LogP contribution in [0.15, 0.2) is 22.7 Å². The molecule has 0 aromatic heterocycles. The summed E-state index contributed by atoms with van der Waals surface area (Å²) >= 11 is 3.31. The van der Waals surface area contributed by atoms with Crippen LogP contribution >= 0.6 is 15.9 Å². The lowest BCUT2D eigenvalue weighted by Gasteiger charge is -2.46. The minimum absolute atomic E-state index is 0.127. The maximum Gasteiger partial charge on any atom is 0.128 e. The van der Waals surface area contributed by atoms with Crippen molar-refractivity contribution in [2.24, 2.45) is 5.41 Å². The molecule has 0 saturated carbocycles. The molecule has 2 unspecified atom stereocenters. The van der Waals surface area contributed by atoms with E-state index in [1.807, 2.05) is 12.1 Å². The van der Waals surface area contributed by atoms with Crippen molar-refractivity contribution >= 4 is 15.9 Å². The molecule has 0 spiro atoms. The Hall–Kier alpha value is -0.450. The van der Waals surface area contributed by atoms with Crippen LogP contribution < -0.4 is 5.32 Å². The third kappa shape index (κ3) is 3.80. The molecule has 0 amide bonds. The lowest BCUT2D eigenvalue weighted by Crippen LogP contribution is -2.59. The predicted molar refractivity (Wildman–Crippen MR) is 85.2 cm³/mol. The van der Waals surface area contributed by atoms with Gasteiger partial charge in [-0.15, -0.1) is 0 Å². The van der Waals surface area contributed by atoms with Crippen molar-refractivity contribution in [2.45, 2.75) is 46.3 Å². The summed E-state index contributed by atoms with van der Waals surface area (Å²) in [5, 5.41) is 3.54. The van der Waals surface area contributed by atoms with E-state index in [4.69, 9.17) is 0 Å². The molecular formula is C16H24BrFN2. The summed E-state index contributed by atoms with van der Waals surface area (Å²) in [7, 11) is 0. The molecule has 0 radical (unpaired) electrons. The number of hydrogen-bond donors (Lipinski definition) is 1. The van der Waals surface area contributed by atoms with Gasteiger partial charge in [-0.1, -0.05) is 42.8 Å². The highest BCUT2D eigenvalue weighted by atomic mass is 79.9. The lowest BCUT2D eigenvalue weighted by molar-refractivity contribution is 0.0517. The van der Waals surface area contributed by atoms with Gasteiger partial charge in [-0.25, -0.2) is 4.39 Å². The standard InChI is InChI=1S/C16H24BrFN2/c1-11-9-20(15(8-19-11)16(2,3)4)10-12-5-6-13(17)7-14(12)18/h5-7,11,15,19H,8-10H2,1-4H3. The number of hydrogen-bond acceptors (Lipinski definition) is 2. The maximum absolute atomic E-state index is 14.1. The highest BCUT2D eigenvalue weighted by molar-refractivity contribution is 9.10. The lowest BCUT2D eigenvalue weighted by atomic mass is 9.83. The summed E-state index contributed by atoms with van der Waals surface area (Å²) < 4.78 is 14.8. The molecule has 0 bridgehead atoms. The Kier molecular flexibility index (Phi) is 4.88. The maximum atomic E-state index is 14.1. The third-order valence-electron chi connectivity index (χ3n) is 4.00. The minimum atomic E-state index is -0.127. The monoisotopic (exact) mass is 342 g/mol. The van der Waals surface area contributed by atoms with Gasteiger partial charge < -0.3 is 5.32 Å². The second-order valence-corrected chi connectivity index (χ2v) is 7.77. The van der Waals surface area contributed by atoms with Crippen molar-refractivity contribution in [3.8, 4) is 0 Å². The van der Waals surface area contributed by atoms with Crippen molar-refractivity contribution in [3.05, 3.63) is 34.1 Å². The molecule has 112 valence electrons. The number of benzene rings is 1. The van der Waals surface area contributed by atoms with Crippen molar-refractivity contribution in [3.63, 3.8) is 0 Å². The second kappa shape index (κ2) is 6.12. The molecular weight excluding hydrogens is 319 g/mol. The molecule has 1 N–H and O–H groups in total. The van der Waals surface area contributed by atoms with Gasteiger partial charge in [0.05, 0.1) is 0 Å². The highest BCUT2D eigenvalue weighted by Crippen LogP contribution is 2.28. The number of rotatable bonds is 2. The highest BCUT2D eigenvalue weighted by Gasteiger charge is 2.34. The first-order chi connectivity index (χ1) is 9.27. The number of piperazine rings is 1. The predicted octanol–water partition coefficient (Wildman–Crippen LogP) is 3.80. The summed E-state index contributed by atoms with van der Waals surface area (Å²) in [6, 6.07) is 6.21. The van der Waals surface area contributed by atoms with Crippen LogP contribution in [0.1, 0.15) is 33.3 Å². The van der Waals surface area contributed by atoms with Gasteiger partial charge in [0.1, 0.15) is 5.82 Å². The summed E-state index contributed by atoms with van der Waals surface area (Å²) in [5.74, 6) is -0.127. The van der Waals surface area contributed by atoms with Gasteiger partial charge in [0.25, 0.3) is 0 Å². The second-order valence-electron chi connectivity index (χ2n) is 6.86. The van der Waals surface area contributed by atoms with Crippen LogP contribution in [-0.2, 0) is 6.54 Å². The number of nitrogens with zero attached hydrogens (tertiary/aromatic N) is 1. The van der Waals surface area contributed by atoms with Crippen LogP contribution in [0.5, 0.6) is 0 Å². The first-order valence-corrected chi connectivity index (χ1v) is 7.98. The fourth-order valence-electron chi connectivity index (χ4n) is 2.88. The summed E-state index contributed by atoms with van der Waals surface area (Å²) in [5.41, 5.74) is 0.954. The van der Waals surface area contributed by atoms with E-state index >= 15 is 0 Å². The molecule has 1 heterocycles. The molecule has 0 aliphatic carbocycles. The zero-order valence-electron chi connectivity index (χ0n) is 12.7. The quantitative estimate of drug-likeness (QED) is 0.879. The van der Waals surface area contributed by atoms with E-state index in [-0.39, 0.29) is 11.2 Å². The third-order valence-corrected chi connectivity index (χ3v) is 4.49. The zero-order chi connectivity index (χ0) is 14.9. The van der Waals surface area contributed by atoms with Crippen LogP contribution in [0.3, 0.4) is 0 Å². The van der Waals surface area contributed by atoms with Gasteiger partial charge in [0, 0.05) is 41.8 Å². The van der Waals surface area contributed by atoms with E-state index in [1.54, 1.807) is 6.07 Å². The smallest absolute Gasteiger partial charge is 0.128 e. The van der Waals surface area contributed by atoms with Gasteiger partial charge in [0.15, 0.2) is 0 Å². The fraction of sp³-hybridized carbons (Fsp3) is 0.625. The topological polar surface area (TPSA) is 15.3 Å². The van der Waals surface area contributed by atoms with Crippen molar-refractivity contribution in [1.29, 1.82) is 0 Å². The van der Waals surface area contributed by atoms with Gasteiger partial charge in [-0.05, 0) is 24.5 Å². The molecule has 2 atom stereocenters. The van der Waals surface area contributed by atoms with E-state index in [9.17, 15) is 4.39 Å². The van der Waals surface area contributed by atoms with E-state index in [0.717, 1.165) is 23.1 Å². The SMILES string of the molecule is CC1CN(Cc2ccc(Br)cc2F)C(C(C)(C)C)CN1. The molecule has 1 aromatic rings. The van der Waals surface area contributed by atoms with Crippen LogP contribution in [0.4, 0.5) is 4.39 Å². The number of halogens is 2. The van der Waals surface area contributed by atoms with Crippen LogP contribution in [0.2, 0.25) is 0 Å². The van der Waals surface area contributed by atoms with E-state index in [2.05, 4.69) is 53.8 Å². The summed E-state index contributed by atoms with van der Waals surface area (Å²) in [6.45, 7) is 11.5. The van der Waals surface area contributed by atoms with Crippen molar-refractivity contribution in [1.82, 2.24) is 10.2 Å². The Balaban J connectivity index is 2.19. The van der Waals surface area contributed by atoms with Crippen molar-refractivity contribution in [2.75, 3.05) is 13.1 Å². The number of nitrogens with one attached hydrogen (secondary N) is 1. The largest absolute Gasteiger partial charge is 0.311 e. The Morgan fingerprint density at radius 3 is 2.70 bits per heavy atom. The molecule has 2 rings (SSSR count). The van der Waals surface area contributed by atoms with Gasteiger partial charge >= 0.3 is 0 Å². The molecule has 2 nitrogen and oxygen atoms in total. The summed E-state index contributed by atoms with van der Waals surface area (Å²) in [6.07, 6.45) is 0. The molecule has 1 aliphatic heterocycles. The molecule has 4 heteroatoms. The normalized spacial score (nSPS) is 24.9.